The molecule has 112 valence electrons. The van der Waals surface area contributed by atoms with Crippen LogP contribution in [0.2, 0.25) is 0 Å². The Morgan fingerprint density at radius 3 is 2.55 bits per heavy atom. The summed E-state index contributed by atoms with van der Waals surface area (Å²) in [6.07, 6.45) is 4.01. The lowest BCUT2D eigenvalue weighted by molar-refractivity contribution is 0.0186. The van der Waals surface area contributed by atoms with Crippen molar-refractivity contribution in [3.05, 3.63) is 29.3 Å². The van der Waals surface area contributed by atoms with Gasteiger partial charge in [0.1, 0.15) is 12.4 Å². The Bertz CT molecular complexity index is 399. The first kappa shape index (κ1) is 15.3. The van der Waals surface area contributed by atoms with Crippen molar-refractivity contribution in [1.29, 1.82) is 0 Å². The van der Waals surface area contributed by atoms with E-state index in [1.807, 2.05) is 0 Å². The van der Waals surface area contributed by atoms with Crippen molar-refractivity contribution in [1.82, 2.24) is 5.32 Å². The fraction of sp³-hybridized carbons (Fsp3) is 0.647. The molecule has 2 atom stereocenters. The summed E-state index contributed by atoms with van der Waals surface area (Å²) in [5.74, 6) is 0.957. The van der Waals surface area contributed by atoms with E-state index in [1.54, 1.807) is 0 Å². The summed E-state index contributed by atoms with van der Waals surface area (Å²) in [4.78, 5) is 0. The molecule has 2 unspecified atom stereocenters. The van der Waals surface area contributed by atoms with Gasteiger partial charge in [0.15, 0.2) is 0 Å². The molecule has 1 saturated heterocycles. The molecule has 1 heterocycles. The van der Waals surface area contributed by atoms with Crippen LogP contribution < -0.4 is 10.1 Å². The van der Waals surface area contributed by atoms with Gasteiger partial charge in [0.25, 0.3) is 0 Å². The Morgan fingerprint density at radius 2 is 1.85 bits per heavy atom. The minimum atomic E-state index is 0.240. The van der Waals surface area contributed by atoms with Gasteiger partial charge in [0.2, 0.25) is 0 Å². The van der Waals surface area contributed by atoms with Gasteiger partial charge in [-0.05, 0) is 62.9 Å². The molecule has 3 heteroatoms. The maximum Gasteiger partial charge on any atom is 0.119 e. The van der Waals surface area contributed by atoms with Crippen LogP contribution in [0.15, 0.2) is 18.2 Å². The minimum absolute atomic E-state index is 0.240. The molecule has 1 fully saturated rings. The molecule has 0 bridgehead atoms. The summed E-state index contributed by atoms with van der Waals surface area (Å²) < 4.78 is 11.9. The van der Waals surface area contributed by atoms with Crippen LogP contribution in [0.3, 0.4) is 0 Å². The van der Waals surface area contributed by atoms with Crippen LogP contribution >= 0.6 is 0 Å². The summed E-state index contributed by atoms with van der Waals surface area (Å²) in [5, 5.41) is 3.42. The summed E-state index contributed by atoms with van der Waals surface area (Å²) in [7, 11) is 0. The van der Waals surface area contributed by atoms with Crippen LogP contribution in [0.5, 0.6) is 5.75 Å². The first-order valence-electron chi connectivity index (χ1n) is 7.74. The second-order valence-electron chi connectivity index (χ2n) is 5.80. The Labute approximate surface area is 122 Å². The first-order valence-corrected chi connectivity index (χ1v) is 7.74. The Hall–Kier alpha value is -1.06. The van der Waals surface area contributed by atoms with Crippen molar-refractivity contribution >= 4 is 0 Å². The molecule has 0 radical (unpaired) electrons. The zero-order chi connectivity index (χ0) is 14.4. The predicted molar refractivity (Wildman–Crippen MR) is 82.5 cm³/mol. The molecule has 0 saturated carbocycles. The van der Waals surface area contributed by atoms with E-state index >= 15 is 0 Å². The molecule has 1 aliphatic heterocycles. The zero-order valence-electron chi connectivity index (χ0n) is 12.9. The van der Waals surface area contributed by atoms with Crippen LogP contribution in [0.4, 0.5) is 0 Å². The highest BCUT2D eigenvalue weighted by molar-refractivity contribution is 5.32. The Morgan fingerprint density at radius 1 is 1.15 bits per heavy atom. The van der Waals surface area contributed by atoms with Crippen molar-refractivity contribution in [3.8, 4) is 5.75 Å². The molecule has 0 amide bonds. The summed E-state index contributed by atoms with van der Waals surface area (Å²) in [6.45, 7) is 9.08. The van der Waals surface area contributed by atoms with E-state index in [2.05, 4.69) is 44.3 Å². The van der Waals surface area contributed by atoms with Crippen LogP contribution in [0.25, 0.3) is 0 Å². The van der Waals surface area contributed by atoms with E-state index in [9.17, 15) is 0 Å². The van der Waals surface area contributed by atoms with E-state index in [-0.39, 0.29) is 6.10 Å². The van der Waals surface area contributed by atoms with Crippen molar-refractivity contribution in [2.75, 3.05) is 19.7 Å². The lowest BCUT2D eigenvalue weighted by Gasteiger charge is -2.15. The Balaban J connectivity index is 1.72. The maximum atomic E-state index is 6.00. The molecule has 0 aromatic heterocycles. The molecule has 1 aliphatic rings. The third-order valence-electron chi connectivity index (χ3n) is 3.63. The lowest BCUT2D eigenvalue weighted by atomic mass is 10.1. The van der Waals surface area contributed by atoms with E-state index in [4.69, 9.17) is 9.47 Å². The molecular formula is C17H27NO2. The standard InChI is InChI=1S/C17H27NO2/c1-4-7-18-11-15-5-6-16(20-15)12-19-17-9-13(2)8-14(3)10-17/h8-10,15-16,18H,4-7,11-12H2,1-3H3. The second kappa shape index (κ2) is 7.65. The van der Waals surface area contributed by atoms with Crippen molar-refractivity contribution < 1.29 is 9.47 Å². The molecule has 1 aromatic carbocycles. The number of benzene rings is 1. The van der Waals surface area contributed by atoms with E-state index in [0.29, 0.717) is 12.7 Å². The SMILES string of the molecule is CCCNCC1CCC(COc2cc(C)cc(C)c2)O1. The van der Waals surface area contributed by atoms with Gasteiger partial charge >= 0.3 is 0 Å². The van der Waals surface area contributed by atoms with E-state index < -0.39 is 0 Å². The van der Waals surface area contributed by atoms with Crippen LogP contribution in [-0.2, 0) is 4.74 Å². The van der Waals surface area contributed by atoms with Crippen LogP contribution in [0, 0.1) is 13.8 Å². The van der Waals surface area contributed by atoms with Gasteiger partial charge in [-0.2, -0.15) is 0 Å². The van der Waals surface area contributed by atoms with Gasteiger partial charge in [-0.1, -0.05) is 13.0 Å². The summed E-state index contributed by atoms with van der Waals surface area (Å²) in [5.41, 5.74) is 2.49. The number of hydrogen-bond acceptors (Lipinski definition) is 3. The topological polar surface area (TPSA) is 30.5 Å². The molecular weight excluding hydrogens is 250 g/mol. The van der Waals surface area contributed by atoms with Gasteiger partial charge in [0.05, 0.1) is 12.2 Å². The number of hydrogen-bond donors (Lipinski definition) is 1. The lowest BCUT2D eigenvalue weighted by Crippen LogP contribution is -2.28. The van der Waals surface area contributed by atoms with Gasteiger partial charge in [-0.3, -0.25) is 0 Å². The molecule has 0 spiro atoms. The zero-order valence-corrected chi connectivity index (χ0v) is 12.9. The molecule has 3 nitrogen and oxygen atoms in total. The molecule has 1 N–H and O–H groups in total. The average molecular weight is 277 g/mol. The smallest absolute Gasteiger partial charge is 0.119 e. The fourth-order valence-electron chi connectivity index (χ4n) is 2.70. The second-order valence-corrected chi connectivity index (χ2v) is 5.80. The van der Waals surface area contributed by atoms with E-state index in [0.717, 1.165) is 31.7 Å². The summed E-state index contributed by atoms with van der Waals surface area (Å²) in [6, 6.07) is 6.33. The van der Waals surface area contributed by atoms with Crippen molar-refractivity contribution in [3.63, 3.8) is 0 Å². The minimum Gasteiger partial charge on any atom is -0.491 e. The monoisotopic (exact) mass is 277 g/mol. The highest BCUT2D eigenvalue weighted by Gasteiger charge is 2.25. The largest absolute Gasteiger partial charge is 0.491 e. The van der Waals surface area contributed by atoms with E-state index in [1.165, 1.54) is 17.5 Å². The number of nitrogens with one attached hydrogen (secondary N) is 1. The molecule has 20 heavy (non-hydrogen) atoms. The fourth-order valence-corrected chi connectivity index (χ4v) is 2.70. The molecule has 2 rings (SSSR count). The molecule has 1 aromatic rings. The number of rotatable bonds is 7. The van der Waals surface area contributed by atoms with Crippen molar-refractivity contribution in [2.24, 2.45) is 0 Å². The van der Waals surface area contributed by atoms with Gasteiger partial charge in [-0.25, -0.2) is 0 Å². The Kier molecular flexibility index (Phi) is 5.86. The normalized spacial score (nSPS) is 22.1. The average Bonchev–Trinajstić information content (AvgIpc) is 2.84. The predicted octanol–water partition coefficient (Wildman–Crippen LogP) is 3.23. The quantitative estimate of drug-likeness (QED) is 0.776. The number of ether oxygens (including phenoxy) is 2. The highest BCUT2D eigenvalue weighted by Crippen LogP contribution is 2.22. The van der Waals surface area contributed by atoms with Crippen LogP contribution in [-0.4, -0.2) is 31.9 Å². The number of aryl methyl sites for hydroxylation is 2. The third-order valence-corrected chi connectivity index (χ3v) is 3.63. The van der Waals surface area contributed by atoms with Crippen molar-refractivity contribution in [2.45, 2.75) is 52.2 Å². The van der Waals surface area contributed by atoms with Gasteiger partial charge in [-0.15, -0.1) is 0 Å². The summed E-state index contributed by atoms with van der Waals surface area (Å²) >= 11 is 0. The third kappa shape index (κ3) is 4.80. The van der Waals surface area contributed by atoms with Gasteiger partial charge in [0, 0.05) is 6.54 Å². The maximum absolute atomic E-state index is 6.00. The van der Waals surface area contributed by atoms with Crippen LogP contribution in [0.1, 0.15) is 37.3 Å². The van der Waals surface area contributed by atoms with Gasteiger partial charge < -0.3 is 14.8 Å². The molecule has 0 aliphatic carbocycles. The first-order chi connectivity index (χ1) is 9.67. The highest BCUT2D eigenvalue weighted by atomic mass is 16.5.